The summed E-state index contributed by atoms with van der Waals surface area (Å²) in [4.78, 5) is 35.9. The quantitative estimate of drug-likeness (QED) is 0.166. The van der Waals surface area contributed by atoms with Crippen molar-refractivity contribution in [3.8, 4) is 0 Å². The van der Waals surface area contributed by atoms with Crippen LogP contribution in [-0.2, 0) is 25.9 Å². The first-order chi connectivity index (χ1) is 21.6. The zero-order valence-corrected chi connectivity index (χ0v) is 25.8. The highest BCUT2D eigenvalue weighted by atomic mass is 32.1. The van der Waals surface area contributed by atoms with Crippen LogP contribution >= 0.6 is 11.3 Å². The van der Waals surface area contributed by atoms with E-state index in [1.54, 1.807) is 30.6 Å². The lowest BCUT2D eigenvalue weighted by molar-refractivity contribution is 0.0784. The molecule has 0 saturated heterocycles. The van der Waals surface area contributed by atoms with Crippen molar-refractivity contribution in [2.24, 2.45) is 0 Å². The van der Waals surface area contributed by atoms with Crippen molar-refractivity contribution in [1.29, 1.82) is 0 Å². The van der Waals surface area contributed by atoms with Crippen molar-refractivity contribution in [1.82, 2.24) is 25.5 Å². The maximum absolute atomic E-state index is 13.4. The van der Waals surface area contributed by atoms with Gasteiger partial charge in [-0.3, -0.25) is 14.6 Å². The lowest BCUT2D eigenvalue weighted by atomic mass is 10.00. The zero-order chi connectivity index (χ0) is 32.3. The number of aliphatic hydroxyl groups is 1. The van der Waals surface area contributed by atoms with Crippen LogP contribution in [-0.4, -0.2) is 63.7 Å². The molecule has 3 atom stereocenters. The average molecular weight is 640 g/mol. The molecule has 0 aliphatic carbocycles. The summed E-state index contributed by atoms with van der Waals surface area (Å²) in [7, 11) is 1.53. The van der Waals surface area contributed by atoms with Gasteiger partial charge in [0, 0.05) is 55.5 Å². The molecule has 8 nitrogen and oxygen atoms in total. The molecule has 4 rings (SSSR count). The van der Waals surface area contributed by atoms with E-state index in [1.165, 1.54) is 30.3 Å². The van der Waals surface area contributed by atoms with Crippen molar-refractivity contribution in [3.05, 3.63) is 117 Å². The molecule has 4 aromatic rings. The number of hydrogen-bond acceptors (Lipinski definition) is 7. The molecule has 0 aliphatic rings. The van der Waals surface area contributed by atoms with E-state index < -0.39 is 36.6 Å². The molecule has 2 aromatic heterocycles. The fraction of sp³-hybridized carbons (Fsp3) is 0.333. The fourth-order valence-corrected chi connectivity index (χ4v) is 5.61. The minimum absolute atomic E-state index is 0.0420. The first kappa shape index (κ1) is 33.8. The van der Waals surface area contributed by atoms with E-state index in [-0.39, 0.29) is 36.3 Å². The van der Waals surface area contributed by atoms with E-state index >= 15 is 0 Å². The third-order valence-electron chi connectivity index (χ3n) is 7.01. The zero-order valence-electron chi connectivity index (χ0n) is 25.0. The molecule has 0 spiro atoms. The summed E-state index contributed by atoms with van der Waals surface area (Å²) in [5, 5.41) is 18.9. The number of nitrogens with zero attached hydrogens (tertiary/aromatic N) is 3. The van der Waals surface area contributed by atoms with Crippen LogP contribution in [0.15, 0.2) is 78.4 Å². The van der Waals surface area contributed by atoms with E-state index in [4.69, 9.17) is 0 Å². The highest BCUT2D eigenvalue weighted by Gasteiger charge is 2.24. The molecule has 2 aromatic carbocycles. The first-order valence-corrected chi connectivity index (χ1v) is 15.4. The second-order valence-electron chi connectivity index (χ2n) is 10.9. The number of thiazole rings is 1. The van der Waals surface area contributed by atoms with E-state index in [1.807, 2.05) is 36.4 Å². The van der Waals surface area contributed by atoms with Crippen LogP contribution in [0.1, 0.15) is 61.5 Å². The van der Waals surface area contributed by atoms with Gasteiger partial charge in [0.1, 0.15) is 16.9 Å². The second kappa shape index (κ2) is 16.3. The molecule has 2 amide bonds. The Hall–Kier alpha value is -4.13. The Morgan fingerprint density at radius 1 is 0.956 bits per heavy atom. The third kappa shape index (κ3) is 10.2. The number of carbonyl (C=O) groups excluding carboxylic acids is 2. The topological polar surface area (TPSA) is 107 Å². The summed E-state index contributed by atoms with van der Waals surface area (Å²) < 4.78 is 39.2. The van der Waals surface area contributed by atoms with Crippen LogP contribution < -0.4 is 10.6 Å². The maximum Gasteiger partial charge on any atom is 0.281 e. The monoisotopic (exact) mass is 639 g/mol. The Kier molecular flexibility index (Phi) is 12.2. The summed E-state index contributed by atoms with van der Waals surface area (Å²) in [5.41, 5.74) is 2.70. The summed E-state index contributed by atoms with van der Waals surface area (Å²) in [6.07, 6.45) is -0.694. The van der Waals surface area contributed by atoms with E-state index in [0.717, 1.165) is 28.0 Å². The molecule has 0 bridgehead atoms. The van der Waals surface area contributed by atoms with Gasteiger partial charge in [0.2, 0.25) is 0 Å². The highest BCUT2D eigenvalue weighted by molar-refractivity contribution is 7.09. The van der Waals surface area contributed by atoms with Crippen LogP contribution in [0.3, 0.4) is 0 Å². The number of carbonyl (C=O) groups is 2. The van der Waals surface area contributed by atoms with Crippen LogP contribution in [0.25, 0.3) is 0 Å². The number of nitrogens with one attached hydrogen (secondary N) is 2. The van der Waals surface area contributed by atoms with Gasteiger partial charge in [0.05, 0.1) is 18.7 Å². The van der Waals surface area contributed by atoms with Gasteiger partial charge >= 0.3 is 0 Å². The van der Waals surface area contributed by atoms with E-state index in [9.17, 15) is 27.9 Å². The van der Waals surface area contributed by atoms with Gasteiger partial charge in [-0.1, -0.05) is 42.5 Å². The Labute approximate surface area is 264 Å². The van der Waals surface area contributed by atoms with Crippen LogP contribution in [0.2, 0.25) is 0 Å². The molecule has 238 valence electrons. The van der Waals surface area contributed by atoms with Crippen LogP contribution in [0.4, 0.5) is 13.2 Å². The minimum Gasteiger partial charge on any atom is -0.390 e. The summed E-state index contributed by atoms with van der Waals surface area (Å²) >= 11 is 1.05. The molecule has 3 N–H and O–H groups in total. The second-order valence-corrected chi connectivity index (χ2v) is 11.8. The van der Waals surface area contributed by atoms with Crippen LogP contribution in [0.5, 0.6) is 0 Å². The molecule has 0 saturated carbocycles. The van der Waals surface area contributed by atoms with E-state index in [0.29, 0.717) is 18.0 Å². The summed E-state index contributed by atoms with van der Waals surface area (Å²) in [5.74, 6) is -0.867. The van der Waals surface area contributed by atoms with Crippen molar-refractivity contribution in [2.75, 3.05) is 13.6 Å². The molecule has 0 radical (unpaired) electrons. The van der Waals surface area contributed by atoms with Crippen molar-refractivity contribution < 1.29 is 27.9 Å². The van der Waals surface area contributed by atoms with Gasteiger partial charge in [-0.25, -0.2) is 18.2 Å². The summed E-state index contributed by atoms with van der Waals surface area (Å²) in [6.45, 7) is 2.09. The number of halogens is 3. The van der Waals surface area contributed by atoms with Crippen molar-refractivity contribution in [3.63, 3.8) is 0 Å². The number of aliphatic hydroxyl groups excluding tert-OH is 1. The SMILES string of the molecule is CC(F)Cc1cncc(CNC[C@@H](O)[C@H](Cc2ccccc2)NC(=O)c2cccc(C(=O)N(C)Cc3nc(C(F)F)cs3)c2)c1. The molecule has 45 heavy (non-hydrogen) atoms. The maximum atomic E-state index is 13.4. The number of alkyl halides is 3. The van der Waals surface area contributed by atoms with Crippen molar-refractivity contribution in [2.45, 2.75) is 57.6 Å². The average Bonchev–Trinajstić information content (AvgIpc) is 3.49. The lowest BCUT2D eigenvalue weighted by Gasteiger charge is -2.25. The Balaban J connectivity index is 1.41. The lowest BCUT2D eigenvalue weighted by Crippen LogP contribution is -2.48. The minimum atomic E-state index is -2.68. The smallest absolute Gasteiger partial charge is 0.281 e. The Morgan fingerprint density at radius 3 is 2.40 bits per heavy atom. The Bertz CT molecular complexity index is 1550. The van der Waals surface area contributed by atoms with Gasteiger partial charge in [0.25, 0.3) is 18.2 Å². The number of aromatic nitrogens is 2. The normalized spacial score (nSPS) is 13.3. The number of pyridine rings is 1. The van der Waals surface area contributed by atoms with Gasteiger partial charge in [-0.15, -0.1) is 11.3 Å². The molecule has 12 heteroatoms. The van der Waals surface area contributed by atoms with Gasteiger partial charge in [-0.2, -0.15) is 0 Å². The fourth-order valence-electron chi connectivity index (χ4n) is 4.77. The number of amides is 2. The Morgan fingerprint density at radius 2 is 1.69 bits per heavy atom. The highest BCUT2D eigenvalue weighted by Crippen LogP contribution is 2.22. The van der Waals surface area contributed by atoms with Crippen LogP contribution in [0, 0.1) is 0 Å². The van der Waals surface area contributed by atoms with Gasteiger partial charge in [-0.05, 0) is 48.2 Å². The standard InChI is InChI=1S/C33H36F3N5O3S/c1-21(34)11-23-12-24(16-37-15-23)17-38-18-29(42)27(13-22-7-4-3-5-8-22)40-32(43)25-9-6-10-26(14-25)33(44)41(2)19-30-39-28(20-45-30)31(35)36/h3-10,12,14-16,20-21,27,29,31,38,42H,11,13,17-19H2,1-2H3,(H,40,43)/t21?,27-,29+/m0/s1. The molecule has 0 fully saturated rings. The largest absolute Gasteiger partial charge is 0.390 e. The predicted octanol–water partition coefficient (Wildman–Crippen LogP) is 5.14. The third-order valence-corrected chi connectivity index (χ3v) is 7.87. The molecule has 1 unspecified atom stereocenters. The van der Waals surface area contributed by atoms with Gasteiger partial charge < -0.3 is 20.6 Å². The van der Waals surface area contributed by atoms with Gasteiger partial charge in [0.15, 0.2) is 0 Å². The molecular weight excluding hydrogens is 603 g/mol. The van der Waals surface area contributed by atoms with Crippen molar-refractivity contribution >= 4 is 23.2 Å². The molecule has 2 heterocycles. The number of rotatable bonds is 15. The number of hydrogen-bond donors (Lipinski definition) is 3. The molecular formula is C33H36F3N5O3S. The first-order valence-electron chi connectivity index (χ1n) is 14.5. The number of benzene rings is 2. The predicted molar refractivity (Wildman–Crippen MR) is 167 cm³/mol. The summed E-state index contributed by atoms with van der Waals surface area (Å²) in [6, 6.07) is 16.8. The molecule has 0 aliphatic heterocycles. The van der Waals surface area contributed by atoms with E-state index in [2.05, 4.69) is 20.6 Å².